The summed E-state index contributed by atoms with van der Waals surface area (Å²) in [5.41, 5.74) is 4.10. The maximum atomic E-state index is 13.0. The highest BCUT2D eigenvalue weighted by atomic mass is 16.5. The lowest BCUT2D eigenvalue weighted by atomic mass is 9.74. The Hall–Kier alpha value is -3.35. The molecule has 7 heteroatoms. The fourth-order valence-corrected chi connectivity index (χ4v) is 6.08. The number of hydrogen-bond acceptors (Lipinski definition) is 4. The lowest BCUT2D eigenvalue weighted by molar-refractivity contribution is -0.141. The van der Waals surface area contributed by atoms with E-state index in [-0.39, 0.29) is 36.7 Å². The number of benzene rings is 2. The smallest absolute Gasteiger partial charge is 0.407 e. The van der Waals surface area contributed by atoms with Crippen LogP contribution < -0.4 is 10.6 Å². The fraction of sp³-hybridized carbons (Fsp3) is 0.464. The SMILES string of the molecule is O=C(O)CC1(NC(=O)C2CCCC2CNC(=O)OCC2c3ccccc3-c3ccccc32)CCC1. The highest BCUT2D eigenvalue weighted by molar-refractivity contribution is 5.82. The summed E-state index contributed by atoms with van der Waals surface area (Å²) in [6.45, 7) is 0.632. The van der Waals surface area contributed by atoms with Gasteiger partial charge in [0.1, 0.15) is 6.61 Å². The molecule has 0 spiro atoms. The zero-order chi connectivity index (χ0) is 24.4. The third-order valence-electron chi connectivity index (χ3n) is 8.04. The number of aliphatic carboxylic acids is 1. The van der Waals surface area contributed by atoms with Crippen molar-refractivity contribution in [3.63, 3.8) is 0 Å². The largest absolute Gasteiger partial charge is 0.481 e. The zero-order valence-electron chi connectivity index (χ0n) is 19.8. The second-order valence-electron chi connectivity index (χ2n) is 10.2. The van der Waals surface area contributed by atoms with Crippen molar-refractivity contribution in [3.05, 3.63) is 59.7 Å². The molecule has 7 nitrogen and oxygen atoms in total. The van der Waals surface area contributed by atoms with Crippen LogP contribution in [0.2, 0.25) is 0 Å². The monoisotopic (exact) mass is 476 g/mol. The maximum absolute atomic E-state index is 13.0. The molecule has 0 heterocycles. The van der Waals surface area contributed by atoms with Crippen molar-refractivity contribution in [1.29, 1.82) is 0 Å². The number of alkyl carbamates (subject to hydrolysis) is 1. The molecule has 3 aliphatic carbocycles. The summed E-state index contributed by atoms with van der Waals surface area (Å²) in [6.07, 6.45) is 4.38. The van der Waals surface area contributed by atoms with Crippen LogP contribution in [0, 0.1) is 11.8 Å². The van der Waals surface area contributed by atoms with E-state index in [1.54, 1.807) is 0 Å². The van der Waals surface area contributed by atoms with Gasteiger partial charge in [-0.1, -0.05) is 55.0 Å². The average molecular weight is 477 g/mol. The van der Waals surface area contributed by atoms with E-state index in [1.165, 1.54) is 22.3 Å². The van der Waals surface area contributed by atoms with Gasteiger partial charge in [0.05, 0.1) is 12.0 Å². The number of nitrogens with one attached hydrogen (secondary N) is 2. The second kappa shape index (κ2) is 9.72. The standard InChI is InChI=1S/C28H32N2O5/c31-25(32)15-28(13-6-14-28)30-26(33)19-12-5-7-18(19)16-29-27(34)35-17-24-22-10-3-1-8-20(22)21-9-2-4-11-23(21)24/h1-4,8-11,18-19,24H,5-7,12-17H2,(H,29,34)(H,30,33)(H,31,32). The van der Waals surface area contributed by atoms with Gasteiger partial charge in [-0.3, -0.25) is 9.59 Å². The second-order valence-corrected chi connectivity index (χ2v) is 10.2. The molecule has 2 atom stereocenters. The van der Waals surface area contributed by atoms with Crippen molar-refractivity contribution in [2.45, 2.75) is 56.4 Å². The van der Waals surface area contributed by atoms with Crippen LogP contribution in [-0.4, -0.2) is 41.8 Å². The Morgan fingerprint density at radius 2 is 1.60 bits per heavy atom. The molecule has 2 saturated carbocycles. The van der Waals surface area contributed by atoms with Crippen LogP contribution >= 0.6 is 0 Å². The van der Waals surface area contributed by atoms with Crippen molar-refractivity contribution >= 4 is 18.0 Å². The predicted octanol–water partition coefficient (Wildman–Crippen LogP) is 4.46. The predicted molar refractivity (Wildman–Crippen MR) is 131 cm³/mol. The minimum absolute atomic E-state index is 0.00561. The van der Waals surface area contributed by atoms with Crippen molar-refractivity contribution in [2.75, 3.05) is 13.2 Å². The lowest BCUT2D eigenvalue weighted by Crippen LogP contribution is -2.56. The third-order valence-corrected chi connectivity index (χ3v) is 8.04. The van der Waals surface area contributed by atoms with Gasteiger partial charge in [-0.15, -0.1) is 0 Å². The summed E-state index contributed by atoms with van der Waals surface area (Å²) in [7, 11) is 0. The van der Waals surface area contributed by atoms with Crippen molar-refractivity contribution < 1.29 is 24.2 Å². The minimum atomic E-state index is -0.884. The maximum Gasteiger partial charge on any atom is 0.407 e. The number of carboxylic acid groups (broad SMARTS) is 1. The van der Waals surface area contributed by atoms with Crippen LogP contribution in [0.15, 0.2) is 48.5 Å². The molecule has 35 heavy (non-hydrogen) atoms. The quantitative estimate of drug-likeness (QED) is 0.522. The van der Waals surface area contributed by atoms with Gasteiger partial charge in [-0.2, -0.15) is 0 Å². The highest BCUT2D eigenvalue weighted by Gasteiger charge is 2.43. The summed E-state index contributed by atoms with van der Waals surface area (Å²) in [6, 6.07) is 16.4. The molecule has 5 rings (SSSR count). The first-order valence-electron chi connectivity index (χ1n) is 12.6. The van der Waals surface area contributed by atoms with Crippen molar-refractivity contribution in [3.8, 4) is 11.1 Å². The molecule has 184 valence electrons. The van der Waals surface area contributed by atoms with Gasteiger partial charge in [0.25, 0.3) is 0 Å². The first-order chi connectivity index (χ1) is 17.0. The minimum Gasteiger partial charge on any atom is -0.481 e. The van der Waals surface area contributed by atoms with Crippen LogP contribution in [-0.2, 0) is 14.3 Å². The molecule has 0 saturated heterocycles. The summed E-state index contributed by atoms with van der Waals surface area (Å²) >= 11 is 0. The molecule has 0 radical (unpaired) electrons. The molecule has 3 aliphatic rings. The van der Waals surface area contributed by atoms with Gasteiger partial charge in [0.2, 0.25) is 5.91 Å². The summed E-state index contributed by atoms with van der Waals surface area (Å²) in [5, 5.41) is 15.1. The molecular weight excluding hydrogens is 444 g/mol. The molecular formula is C28H32N2O5. The molecule has 0 aliphatic heterocycles. The van der Waals surface area contributed by atoms with Gasteiger partial charge in [0, 0.05) is 18.4 Å². The molecule has 2 amide bonds. The fourth-order valence-electron chi connectivity index (χ4n) is 6.08. The summed E-state index contributed by atoms with van der Waals surface area (Å²) in [5.74, 6) is -1.15. The Morgan fingerprint density at radius 1 is 0.943 bits per heavy atom. The molecule has 0 aromatic heterocycles. The highest BCUT2D eigenvalue weighted by Crippen LogP contribution is 2.44. The van der Waals surface area contributed by atoms with Gasteiger partial charge in [0.15, 0.2) is 0 Å². The number of fused-ring (bicyclic) bond motifs is 3. The molecule has 2 unspecified atom stereocenters. The Morgan fingerprint density at radius 3 is 2.20 bits per heavy atom. The van der Waals surface area contributed by atoms with Gasteiger partial charge in [-0.05, 0) is 60.3 Å². The van der Waals surface area contributed by atoms with Gasteiger partial charge in [-0.25, -0.2) is 4.79 Å². The van der Waals surface area contributed by atoms with Crippen molar-refractivity contribution in [2.24, 2.45) is 11.8 Å². The number of ether oxygens (including phenoxy) is 1. The average Bonchev–Trinajstić information content (AvgIpc) is 3.42. The molecule has 3 N–H and O–H groups in total. The molecule has 2 aromatic rings. The van der Waals surface area contributed by atoms with E-state index in [1.807, 2.05) is 24.3 Å². The third kappa shape index (κ3) is 4.77. The number of carbonyl (C=O) groups excluding carboxylic acids is 2. The number of rotatable bonds is 8. The van der Waals surface area contributed by atoms with E-state index < -0.39 is 17.6 Å². The van der Waals surface area contributed by atoms with Crippen molar-refractivity contribution in [1.82, 2.24) is 10.6 Å². The van der Waals surface area contributed by atoms with E-state index in [0.29, 0.717) is 19.4 Å². The van der Waals surface area contributed by atoms with Crippen LogP contribution in [0.5, 0.6) is 0 Å². The number of carboxylic acids is 1. The van der Waals surface area contributed by atoms with Crippen LogP contribution in [0.3, 0.4) is 0 Å². The van der Waals surface area contributed by atoms with E-state index in [9.17, 15) is 19.5 Å². The Kier molecular flexibility index (Phi) is 6.50. The summed E-state index contributed by atoms with van der Waals surface area (Å²) in [4.78, 5) is 36.8. The Bertz CT molecular complexity index is 1080. The first kappa shape index (κ1) is 23.4. The van der Waals surface area contributed by atoms with Gasteiger partial charge < -0.3 is 20.5 Å². The van der Waals surface area contributed by atoms with Gasteiger partial charge >= 0.3 is 12.1 Å². The first-order valence-corrected chi connectivity index (χ1v) is 12.6. The molecule has 2 aromatic carbocycles. The molecule has 2 fully saturated rings. The van der Waals surface area contributed by atoms with E-state index in [2.05, 4.69) is 34.9 Å². The summed E-state index contributed by atoms with van der Waals surface area (Å²) < 4.78 is 5.63. The number of carbonyl (C=O) groups is 3. The normalized spacial score (nSPS) is 21.9. The Labute approximate surface area is 205 Å². The Balaban J connectivity index is 1.14. The lowest BCUT2D eigenvalue weighted by Gasteiger charge is -2.42. The topological polar surface area (TPSA) is 105 Å². The molecule has 0 bridgehead atoms. The van der Waals surface area contributed by atoms with E-state index in [0.717, 1.165) is 25.7 Å². The number of amides is 2. The van der Waals surface area contributed by atoms with Crippen LogP contribution in [0.25, 0.3) is 11.1 Å². The zero-order valence-corrected chi connectivity index (χ0v) is 19.8. The van der Waals surface area contributed by atoms with Crippen LogP contribution in [0.4, 0.5) is 4.79 Å². The van der Waals surface area contributed by atoms with Crippen LogP contribution in [0.1, 0.15) is 62.0 Å². The number of hydrogen-bond donors (Lipinski definition) is 3. The van der Waals surface area contributed by atoms with E-state index in [4.69, 9.17) is 4.74 Å². The van der Waals surface area contributed by atoms with E-state index >= 15 is 0 Å².